The van der Waals surface area contributed by atoms with Crippen molar-refractivity contribution in [2.45, 2.75) is 0 Å². The fourth-order valence-corrected chi connectivity index (χ4v) is 1.99. The molecule has 90 valence electrons. The van der Waals surface area contributed by atoms with E-state index in [0.29, 0.717) is 0 Å². The summed E-state index contributed by atoms with van der Waals surface area (Å²) in [5, 5.41) is 0. The Morgan fingerprint density at radius 1 is 1.00 bits per heavy atom. The molecule has 0 amide bonds. The van der Waals surface area contributed by atoms with E-state index < -0.39 is 15.2 Å². The maximum atomic E-state index is 11.0. The van der Waals surface area contributed by atoms with Crippen LogP contribution in [0.15, 0.2) is 24.3 Å². The Bertz CT molecular complexity index is 420. The fraction of sp³-hybridized carbons (Fsp3) is 0.250. The van der Waals surface area contributed by atoms with E-state index in [4.69, 9.17) is 18.8 Å². The van der Waals surface area contributed by atoms with Crippen LogP contribution in [0.4, 0.5) is 0 Å². The molecule has 8 heteroatoms. The number of hydrogen-bond acceptors (Lipinski definition) is 4. The molecule has 0 radical (unpaired) electrons. The molecule has 2 N–H and O–H groups in total. The highest BCUT2D eigenvalue weighted by Crippen LogP contribution is 2.42. The summed E-state index contributed by atoms with van der Waals surface area (Å²) in [5.74, 6) is 0.193. The molecule has 0 saturated heterocycles. The van der Waals surface area contributed by atoms with E-state index in [1.54, 1.807) is 0 Å². The molecule has 0 spiro atoms. The second-order valence-electron chi connectivity index (χ2n) is 3.26. The van der Waals surface area contributed by atoms with E-state index in [-0.39, 0.29) is 11.5 Å². The predicted molar refractivity (Wildman–Crippen MR) is 59.2 cm³/mol. The highest BCUT2D eigenvalue weighted by atomic mass is 31.2. The highest BCUT2D eigenvalue weighted by molar-refractivity contribution is 7.52. The van der Waals surface area contributed by atoms with E-state index >= 15 is 0 Å². The third kappa shape index (κ3) is 5.33. The van der Waals surface area contributed by atoms with Gasteiger partial charge in [-0.3, -0.25) is 0 Å². The molecule has 1 aromatic carbocycles. The normalized spacial score (nSPS) is 18.2. The first-order chi connectivity index (χ1) is 7.16. The van der Waals surface area contributed by atoms with E-state index in [1.807, 2.05) is 0 Å². The van der Waals surface area contributed by atoms with Crippen LogP contribution in [0.2, 0.25) is 0 Å². The fourth-order valence-electron chi connectivity index (χ4n) is 0.979. The molecule has 0 aromatic heterocycles. The SMILES string of the molecule is CP(=O)(O)Oc1cccc(OP(C)(=O)O)c1. The van der Waals surface area contributed by atoms with E-state index in [1.165, 1.54) is 24.3 Å². The first-order valence-electron chi connectivity index (χ1n) is 4.25. The van der Waals surface area contributed by atoms with Crippen LogP contribution >= 0.6 is 15.2 Å². The highest BCUT2D eigenvalue weighted by Gasteiger charge is 2.15. The Kier molecular flexibility index (Phi) is 3.81. The number of rotatable bonds is 4. The molecule has 1 rings (SSSR count). The van der Waals surface area contributed by atoms with Gasteiger partial charge in [0.05, 0.1) is 0 Å². The minimum Gasteiger partial charge on any atom is -0.425 e. The molecular weight excluding hydrogens is 254 g/mol. The maximum Gasteiger partial charge on any atom is 0.373 e. The average molecular weight is 266 g/mol. The van der Waals surface area contributed by atoms with Crippen LogP contribution in [0.3, 0.4) is 0 Å². The molecule has 0 heterocycles. The monoisotopic (exact) mass is 266 g/mol. The lowest BCUT2D eigenvalue weighted by Crippen LogP contribution is -1.92. The lowest BCUT2D eigenvalue weighted by molar-refractivity contribution is 0.382. The van der Waals surface area contributed by atoms with Crippen LogP contribution in [-0.2, 0) is 9.13 Å². The van der Waals surface area contributed by atoms with E-state index in [9.17, 15) is 9.13 Å². The van der Waals surface area contributed by atoms with E-state index in [2.05, 4.69) is 0 Å². The molecule has 0 fully saturated rings. The molecule has 0 aliphatic carbocycles. The topological polar surface area (TPSA) is 93.1 Å². The molecule has 0 bridgehead atoms. The molecular formula is C8H12O6P2. The zero-order valence-electron chi connectivity index (χ0n) is 8.73. The van der Waals surface area contributed by atoms with Gasteiger partial charge in [0.1, 0.15) is 11.5 Å². The minimum atomic E-state index is -3.65. The summed E-state index contributed by atoms with van der Waals surface area (Å²) in [6, 6.07) is 5.63. The lowest BCUT2D eigenvalue weighted by Gasteiger charge is -2.11. The van der Waals surface area contributed by atoms with Crippen LogP contribution in [0, 0.1) is 0 Å². The molecule has 2 unspecified atom stereocenters. The van der Waals surface area contributed by atoms with Gasteiger partial charge in [-0.1, -0.05) is 6.07 Å². The molecule has 6 nitrogen and oxygen atoms in total. The Morgan fingerprint density at radius 2 is 1.38 bits per heavy atom. The van der Waals surface area contributed by atoms with Crippen molar-refractivity contribution >= 4 is 15.2 Å². The maximum absolute atomic E-state index is 11.0. The van der Waals surface area contributed by atoms with Gasteiger partial charge in [0.25, 0.3) is 0 Å². The van der Waals surface area contributed by atoms with Gasteiger partial charge in [-0.05, 0) is 12.1 Å². The van der Waals surface area contributed by atoms with Crippen molar-refractivity contribution in [1.29, 1.82) is 0 Å². The molecule has 1 aromatic rings. The smallest absolute Gasteiger partial charge is 0.373 e. The predicted octanol–water partition coefficient (Wildman–Crippen LogP) is 2.07. The van der Waals surface area contributed by atoms with Gasteiger partial charge in [-0.15, -0.1) is 0 Å². The van der Waals surface area contributed by atoms with Crippen molar-refractivity contribution in [3.05, 3.63) is 24.3 Å². The van der Waals surface area contributed by atoms with Gasteiger partial charge >= 0.3 is 15.2 Å². The van der Waals surface area contributed by atoms with Gasteiger partial charge in [-0.2, -0.15) is 0 Å². The van der Waals surface area contributed by atoms with Crippen molar-refractivity contribution in [3.8, 4) is 11.5 Å². The molecule has 0 saturated carbocycles. The van der Waals surface area contributed by atoms with Crippen LogP contribution in [0.1, 0.15) is 0 Å². The van der Waals surface area contributed by atoms with Crippen molar-refractivity contribution in [2.75, 3.05) is 13.3 Å². The third-order valence-corrected chi connectivity index (χ3v) is 2.45. The first kappa shape index (κ1) is 13.3. The largest absolute Gasteiger partial charge is 0.425 e. The number of hydrogen-bond donors (Lipinski definition) is 2. The summed E-state index contributed by atoms with van der Waals surface area (Å²) in [4.78, 5) is 18.0. The van der Waals surface area contributed by atoms with Crippen molar-refractivity contribution < 1.29 is 28.0 Å². The van der Waals surface area contributed by atoms with Crippen LogP contribution in [0.25, 0.3) is 0 Å². The standard InChI is InChI=1S/C8H12O6P2/c1-15(9,10)13-7-4-3-5-8(6-7)14-16(2,11)12/h3-6H,1-2H3,(H,9,10)(H,11,12). The summed E-state index contributed by atoms with van der Waals surface area (Å²) in [7, 11) is -7.29. The van der Waals surface area contributed by atoms with Crippen molar-refractivity contribution in [1.82, 2.24) is 0 Å². The first-order valence-corrected chi connectivity index (χ1v) is 8.30. The second-order valence-corrected chi connectivity index (χ2v) is 6.84. The summed E-state index contributed by atoms with van der Waals surface area (Å²) in [6.07, 6.45) is 0. The molecule has 0 aliphatic heterocycles. The Labute approximate surface area is 92.9 Å². The zero-order chi connectivity index (χ0) is 12.4. The van der Waals surface area contributed by atoms with Gasteiger partial charge in [-0.25, -0.2) is 9.13 Å². The summed E-state index contributed by atoms with van der Waals surface area (Å²) in [6.45, 7) is 2.08. The Morgan fingerprint density at radius 3 is 1.69 bits per heavy atom. The van der Waals surface area contributed by atoms with Crippen LogP contribution in [-0.4, -0.2) is 23.1 Å². The average Bonchev–Trinajstić information content (AvgIpc) is 1.96. The molecule has 16 heavy (non-hydrogen) atoms. The molecule has 2 atom stereocenters. The third-order valence-electron chi connectivity index (χ3n) is 1.36. The Hall–Kier alpha value is -0.800. The number of benzene rings is 1. The van der Waals surface area contributed by atoms with Crippen LogP contribution < -0.4 is 9.05 Å². The summed E-state index contributed by atoms with van der Waals surface area (Å²) in [5.41, 5.74) is 0. The molecule has 0 aliphatic rings. The van der Waals surface area contributed by atoms with Gasteiger partial charge in [0.2, 0.25) is 0 Å². The lowest BCUT2D eigenvalue weighted by atomic mass is 10.3. The van der Waals surface area contributed by atoms with Crippen molar-refractivity contribution in [3.63, 3.8) is 0 Å². The second kappa shape index (κ2) is 4.60. The quantitative estimate of drug-likeness (QED) is 0.810. The summed E-state index contributed by atoms with van der Waals surface area (Å²) < 4.78 is 31.4. The van der Waals surface area contributed by atoms with Crippen LogP contribution in [0.5, 0.6) is 11.5 Å². The van der Waals surface area contributed by atoms with Crippen molar-refractivity contribution in [2.24, 2.45) is 0 Å². The summed E-state index contributed by atoms with van der Waals surface area (Å²) >= 11 is 0. The Balaban J connectivity index is 2.88. The van der Waals surface area contributed by atoms with E-state index in [0.717, 1.165) is 13.3 Å². The van der Waals surface area contributed by atoms with Gasteiger partial charge in [0, 0.05) is 19.4 Å². The van der Waals surface area contributed by atoms with Gasteiger partial charge < -0.3 is 18.8 Å². The zero-order valence-corrected chi connectivity index (χ0v) is 10.5. The minimum absolute atomic E-state index is 0.0966. The van der Waals surface area contributed by atoms with Gasteiger partial charge in [0.15, 0.2) is 0 Å².